The quantitative estimate of drug-likeness (QED) is 0.383. The van der Waals surface area contributed by atoms with E-state index in [1.54, 1.807) is 11.1 Å². The van der Waals surface area contributed by atoms with Crippen molar-refractivity contribution in [2.75, 3.05) is 13.2 Å². The van der Waals surface area contributed by atoms with E-state index in [-0.39, 0.29) is 11.5 Å². The van der Waals surface area contributed by atoms with Crippen LogP contribution in [0.2, 0.25) is 0 Å². The first-order chi connectivity index (χ1) is 15.5. The minimum Gasteiger partial charge on any atom is -0.372 e. The average molecular weight is 473 g/mol. The molecule has 1 saturated carbocycles. The zero-order valence-electron chi connectivity index (χ0n) is 20.3. The lowest BCUT2D eigenvalue weighted by Gasteiger charge is -2.42. The molecule has 0 aromatic carbocycles. The maximum Gasteiger partial charge on any atom is 0.0945 e. The average Bonchev–Trinajstić information content (AvgIpc) is 3.42. The lowest BCUT2D eigenvalue weighted by atomic mass is 9.71. The fourth-order valence-electron chi connectivity index (χ4n) is 6.36. The summed E-state index contributed by atoms with van der Waals surface area (Å²) in [7, 11) is 0. The summed E-state index contributed by atoms with van der Waals surface area (Å²) >= 11 is 3.83. The highest BCUT2D eigenvalue weighted by atomic mass is 32.1. The SMILES string of the molecule is CCC1(CCCC(C)C2OCC(C3CCC3)c3ccsc32)COC(C(C)C)c2sccc21. The summed E-state index contributed by atoms with van der Waals surface area (Å²) in [4.78, 5) is 3.02. The van der Waals surface area contributed by atoms with Crippen molar-refractivity contribution in [2.45, 2.75) is 96.2 Å². The first-order valence-electron chi connectivity index (χ1n) is 12.9. The second-order valence-electron chi connectivity index (χ2n) is 11.0. The van der Waals surface area contributed by atoms with Crippen LogP contribution in [-0.2, 0) is 14.9 Å². The molecular weight excluding hydrogens is 432 g/mol. The predicted molar refractivity (Wildman–Crippen MR) is 136 cm³/mol. The minimum absolute atomic E-state index is 0.192. The number of fused-ring (bicyclic) bond motifs is 2. The topological polar surface area (TPSA) is 18.5 Å². The van der Waals surface area contributed by atoms with E-state index in [1.165, 1.54) is 48.3 Å². The van der Waals surface area contributed by atoms with E-state index in [2.05, 4.69) is 50.6 Å². The second-order valence-corrected chi connectivity index (χ2v) is 12.9. The van der Waals surface area contributed by atoms with Crippen LogP contribution in [0.3, 0.4) is 0 Å². The van der Waals surface area contributed by atoms with Gasteiger partial charge in [-0.05, 0) is 83.9 Å². The van der Waals surface area contributed by atoms with Gasteiger partial charge >= 0.3 is 0 Å². The van der Waals surface area contributed by atoms with Gasteiger partial charge in [0.1, 0.15) is 0 Å². The summed E-state index contributed by atoms with van der Waals surface area (Å²) in [5, 5.41) is 4.59. The van der Waals surface area contributed by atoms with Crippen molar-refractivity contribution in [3.8, 4) is 0 Å². The molecule has 3 aliphatic rings. The highest BCUT2D eigenvalue weighted by Crippen LogP contribution is 2.50. The summed E-state index contributed by atoms with van der Waals surface area (Å²) in [5.74, 6) is 2.62. The first-order valence-corrected chi connectivity index (χ1v) is 14.7. The van der Waals surface area contributed by atoms with Crippen LogP contribution in [0.1, 0.15) is 112 Å². The van der Waals surface area contributed by atoms with Crippen LogP contribution in [0.5, 0.6) is 0 Å². The van der Waals surface area contributed by atoms with Crippen LogP contribution in [0.4, 0.5) is 0 Å². The highest BCUT2D eigenvalue weighted by molar-refractivity contribution is 7.10. The van der Waals surface area contributed by atoms with Crippen LogP contribution in [0, 0.1) is 17.8 Å². The molecule has 4 heteroatoms. The normalized spacial score (nSPS) is 31.2. The van der Waals surface area contributed by atoms with Gasteiger partial charge in [0.25, 0.3) is 0 Å². The zero-order chi connectivity index (χ0) is 22.3. The Labute approximate surface area is 202 Å². The maximum absolute atomic E-state index is 6.56. The van der Waals surface area contributed by atoms with Gasteiger partial charge in [0.05, 0.1) is 25.4 Å². The largest absolute Gasteiger partial charge is 0.372 e. The van der Waals surface area contributed by atoms with Gasteiger partial charge < -0.3 is 9.47 Å². The van der Waals surface area contributed by atoms with Crippen LogP contribution in [-0.4, -0.2) is 13.2 Å². The van der Waals surface area contributed by atoms with E-state index < -0.39 is 0 Å². The van der Waals surface area contributed by atoms with Crippen LogP contribution < -0.4 is 0 Å². The Morgan fingerprint density at radius 2 is 1.81 bits per heavy atom. The third-order valence-corrected chi connectivity index (χ3v) is 10.7. The van der Waals surface area contributed by atoms with Crippen molar-refractivity contribution in [3.05, 3.63) is 43.8 Å². The first kappa shape index (κ1) is 23.1. The third-order valence-electron chi connectivity index (χ3n) is 8.74. The van der Waals surface area contributed by atoms with Crippen molar-refractivity contribution in [1.82, 2.24) is 0 Å². The van der Waals surface area contributed by atoms with Crippen molar-refractivity contribution in [3.63, 3.8) is 0 Å². The molecule has 1 fully saturated rings. The van der Waals surface area contributed by atoms with Gasteiger partial charge in [-0.1, -0.05) is 40.5 Å². The second kappa shape index (κ2) is 9.52. The molecule has 4 heterocycles. The lowest BCUT2D eigenvalue weighted by Crippen LogP contribution is -2.38. The van der Waals surface area contributed by atoms with E-state index in [1.807, 2.05) is 22.7 Å². The van der Waals surface area contributed by atoms with Gasteiger partial charge in [-0.3, -0.25) is 0 Å². The molecule has 2 aromatic rings. The van der Waals surface area contributed by atoms with Gasteiger partial charge in [0.15, 0.2) is 0 Å². The van der Waals surface area contributed by atoms with E-state index >= 15 is 0 Å². The molecule has 2 aromatic heterocycles. The summed E-state index contributed by atoms with van der Waals surface area (Å²) < 4.78 is 13.0. The summed E-state index contributed by atoms with van der Waals surface area (Å²) in [6.07, 6.45) is 9.62. The molecule has 5 unspecified atom stereocenters. The molecule has 0 amide bonds. The van der Waals surface area contributed by atoms with Crippen molar-refractivity contribution < 1.29 is 9.47 Å². The molecule has 0 radical (unpaired) electrons. The van der Waals surface area contributed by atoms with Crippen LogP contribution in [0.25, 0.3) is 0 Å². The molecular formula is C28H40O2S2. The van der Waals surface area contributed by atoms with Crippen molar-refractivity contribution >= 4 is 22.7 Å². The van der Waals surface area contributed by atoms with E-state index in [0.717, 1.165) is 25.6 Å². The van der Waals surface area contributed by atoms with E-state index in [0.29, 0.717) is 23.9 Å². The third kappa shape index (κ3) is 4.04. The van der Waals surface area contributed by atoms with Gasteiger partial charge in [0.2, 0.25) is 0 Å². The standard InChI is InChI=1S/C28H40O2S2/c1-5-28(17-30-24(18(2)3)27-23(28)12-15-32-27)13-7-8-19(4)25-26-21(11-14-31-26)22(16-29-25)20-9-6-10-20/h11-12,14-15,18-20,22,24-25H,5-10,13,16-17H2,1-4H3. The Balaban J connectivity index is 1.24. The van der Waals surface area contributed by atoms with Gasteiger partial charge in [0, 0.05) is 21.1 Å². The predicted octanol–water partition coefficient (Wildman–Crippen LogP) is 8.65. The Kier molecular flexibility index (Phi) is 6.87. The lowest BCUT2D eigenvalue weighted by molar-refractivity contribution is -0.0324. The van der Waals surface area contributed by atoms with Gasteiger partial charge in [-0.15, -0.1) is 22.7 Å². The minimum atomic E-state index is 0.192. The van der Waals surface area contributed by atoms with E-state index in [9.17, 15) is 0 Å². The number of rotatable bonds is 8. The smallest absolute Gasteiger partial charge is 0.0945 e. The Hall–Kier alpha value is -0.680. The number of thiophene rings is 2. The number of hydrogen-bond donors (Lipinski definition) is 0. The Bertz CT molecular complexity index is 895. The Morgan fingerprint density at radius 1 is 1.03 bits per heavy atom. The molecule has 0 N–H and O–H groups in total. The summed E-state index contributed by atoms with van der Waals surface area (Å²) in [5.41, 5.74) is 3.40. The molecule has 32 heavy (non-hydrogen) atoms. The maximum atomic E-state index is 6.56. The monoisotopic (exact) mass is 472 g/mol. The van der Waals surface area contributed by atoms with Gasteiger partial charge in [-0.25, -0.2) is 0 Å². The van der Waals surface area contributed by atoms with E-state index in [4.69, 9.17) is 9.47 Å². The molecule has 1 aliphatic carbocycles. The molecule has 2 nitrogen and oxygen atoms in total. The van der Waals surface area contributed by atoms with Crippen LogP contribution in [0.15, 0.2) is 22.9 Å². The molecule has 5 rings (SSSR count). The summed E-state index contributed by atoms with van der Waals surface area (Å²) in [6.45, 7) is 11.2. The molecule has 176 valence electrons. The molecule has 5 atom stereocenters. The molecule has 0 bridgehead atoms. The van der Waals surface area contributed by atoms with Gasteiger partial charge in [-0.2, -0.15) is 0 Å². The fraction of sp³-hybridized carbons (Fsp3) is 0.714. The van der Waals surface area contributed by atoms with Crippen molar-refractivity contribution in [2.24, 2.45) is 17.8 Å². The number of ether oxygens (including phenoxy) is 2. The summed E-state index contributed by atoms with van der Waals surface area (Å²) in [6, 6.07) is 4.80. The molecule has 2 aliphatic heterocycles. The Morgan fingerprint density at radius 3 is 2.53 bits per heavy atom. The fourth-order valence-corrected chi connectivity index (χ4v) is 8.75. The van der Waals surface area contributed by atoms with Crippen molar-refractivity contribution in [1.29, 1.82) is 0 Å². The zero-order valence-corrected chi connectivity index (χ0v) is 21.9. The highest BCUT2D eigenvalue weighted by Gasteiger charge is 2.42. The number of hydrogen-bond acceptors (Lipinski definition) is 4. The molecule has 0 spiro atoms. The van der Waals surface area contributed by atoms with Crippen LogP contribution >= 0.6 is 22.7 Å². The molecule has 0 saturated heterocycles.